The van der Waals surface area contributed by atoms with E-state index in [1.54, 1.807) is 14.2 Å². The Labute approximate surface area is 149 Å². The highest BCUT2D eigenvalue weighted by Crippen LogP contribution is 2.39. The first-order chi connectivity index (χ1) is 12.0. The van der Waals surface area contributed by atoms with Gasteiger partial charge in [-0.1, -0.05) is 29.8 Å². The van der Waals surface area contributed by atoms with Gasteiger partial charge >= 0.3 is 0 Å². The Kier molecular flexibility index (Phi) is 4.71. The van der Waals surface area contributed by atoms with Crippen molar-refractivity contribution in [1.82, 2.24) is 4.98 Å². The fourth-order valence-corrected chi connectivity index (χ4v) is 3.72. The first kappa shape index (κ1) is 17.3. The number of fused-ring (bicyclic) bond motifs is 1. The van der Waals surface area contributed by atoms with Gasteiger partial charge in [0.15, 0.2) is 6.29 Å². The van der Waals surface area contributed by atoms with Crippen molar-refractivity contribution in [3.05, 3.63) is 46.3 Å². The number of aromatic nitrogens is 1. The summed E-state index contributed by atoms with van der Waals surface area (Å²) in [6.07, 6.45) is -0.632. The highest BCUT2D eigenvalue weighted by molar-refractivity contribution is 7.21. The Morgan fingerprint density at radius 1 is 1.20 bits per heavy atom. The predicted molar refractivity (Wildman–Crippen MR) is 99.5 cm³/mol. The van der Waals surface area contributed by atoms with Gasteiger partial charge in [-0.05, 0) is 13.0 Å². The lowest BCUT2D eigenvalue weighted by Crippen LogP contribution is -2.11. The topological polar surface area (TPSA) is 100 Å². The number of carbonyl (C=O) groups excluding carboxylic acids is 1. The van der Waals surface area contributed by atoms with Gasteiger partial charge in [-0.25, -0.2) is 4.98 Å². The number of nitrogens with zero attached hydrogens (tertiary/aromatic N) is 1. The maximum Gasteiger partial charge on any atom is 0.260 e. The molecule has 130 valence electrons. The molecule has 0 aliphatic heterocycles. The third-order valence-corrected chi connectivity index (χ3v) is 5.10. The summed E-state index contributed by atoms with van der Waals surface area (Å²) in [5.41, 5.74) is 15.5. The summed E-state index contributed by atoms with van der Waals surface area (Å²) < 4.78 is 10.8. The second kappa shape index (κ2) is 6.79. The van der Waals surface area contributed by atoms with Gasteiger partial charge in [0, 0.05) is 30.7 Å². The number of carbonyl (C=O) groups is 1. The van der Waals surface area contributed by atoms with Gasteiger partial charge in [0.1, 0.15) is 9.71 Å². The van der Waals surface area contributed by atoms with Crippen LogP contribution in [0.15, 0.2) is 30.3 Å². The molecule has 25 heavy (non-hydrogen) atoms. The van der Waals surface area contributed by atoms with E-state index in [0.717, 1.165) is 16.8 Å². The Morgan fingerprint density at radius 2 is 1.84 bits per heavy atom. The minimum atomic E-state index is -0.632. The number of nitrogen functional groups attached to an aromatic ring is 1. The minimum absolute atomic E-state index is 0.288. The van der Waals surface area contributed by atoms with Crippen LogP contribution >= 0.6 is 11.3 Å². The number of methoxy groups -OCH3 is 2. The van der Waals surface area contributed by atoms with Gasteiger partial charge < -0.3 is 20.9 Å². The van der Waals surface area contributed by atoms with Crippen LogP contribution in [0.5, 0.6) is 0 Å². The Hall–Kier alpha value is -2.48. The molecule has 0 fully saturated rings. The van der Waals surface area contributed by atoms with Crippen molar-refractivity contribution >= 4 is 33.1 Å². The molecule has 2 heterocycles. The molecular weight excluding hydrogens is 338 g/mol. The molecule has 0 aliphatic rings. The molecule has 1 amide bonds. The minimum Gasteiger partial charge on any atom is -0.397 e. The van der Waals surface area contributed by atoms with Crippen LogP contribution in [0.1, 0.15) is 27.1 Å². The molecule has 3 rings (SSSR count). The molecular formula is C18H19N3O3S. The fourth-order valence-electron chi connectivity index (χ4n) is 2.74. The lowest BCUT2D eigenvalue weighted by molar-refractivity contribution is -0.105. The number of hydrogen-bond acceptors (Lipinski definition) is 6. The summed E-state index contributed by atoms with van der Waals surface area (Å²) in [6.45, 7) is 2.02. The molecule has 1 aromatic carbocycles. The zero-order chi connectivity index (χ0) is 18.1. The second-order valence-corrected chi connectivity index (χ2v) is 6.65. The molecule has 0 radical (unpaired) electrons. The van der Waals surface area contributed by atoms with Crippen LogP contribution in [0, 0.1) is 6.92 Å². The first-order valence-corrected chi connectivity index (χ1v) is 8.43. The van der Waals surface area contributed by atoms with E-state index in [1.165, 1.54) is 11.3 Å². The van der Waals surface area contributed by atoms with E-state index >= 15 is 0 Å². The molecule has 0 atom stereocenters. The molecule has 0 unspecified atom stereocenters. The van der Waals surface area contributed by atoms with E-state index in [4.69, 9.17) is 20.9 Å². The first-order valence-electron chi connectivity index (χ1n) is 7.61. The summed E-state index contributed by atoms with van der Waals surface area (Å²) in [4.78, 5) is 17.2. The summed E-state index contributed by atoms with van der Waals surface area (Å²) in [7, 11) is 3.09. The summed E-state index contributed by atoms with van der Waals surface area (Å²) >= 11 is 1.17. The third-order valence-electron chi connectivity index (χ3n) is 3.98. The van der Waals surface area contributed by atoms with E-state index in [0.29, 0.717) is 21.5 Å². The van der Waals surface area contributed by atoms with Crippen LogP contribution in [-0.2, 0) is 9.47 Å². The lowest BCUT2D eigenvalue weighted by atomic mass is 10.0. The Bertz CT molecular complexity index is 931. The molecule has 4 N–H and O–H groups in total. The summed E-state index contributed by atoms with van der Waals surface area (Å²) in [5, 5.41) is 0.642. The van der Waals surface area contributed by atoms with E-state index in [2.05, 4.69) is 4.98 Å². The van der Waals surface area contributed by atoms with Gasteiger partial charge in [0.2, 0.25) is 0 Å². The monoisotopic (exact) mass is 357 g/mol. The Morgan fingerprint density at radius 3 is 2.40 bits per heavy atom. The quantitative estimate of drug-likeness (QED) is 0.683. The number of primary amides is 1. The average molecular weight is 357 g/mol. The maximum atomic E-state index is 11.7. The molecule has 0 saturated carbocycles. The van der Waals surface area contributed by atoms with Gasteiger partial charge in [0.05, 0.1) is 11.4 Å². The highest BCUT2D eigenvalue weighted by atomic mass is 32.1. The van der Waals surface area contributed by atoms with Crippen molar-refractivity contribution in [2.24, 2.45) is 5.73 Å². The maximum absolute atomic E-state index is 11.7. The van der Waals surface area contributed by atoms with Crippen LogP contribution < -0.4 is 11.5 Å². The number of ether oxygens (including phenoxy) is 2. The normalized spacial score (nSPS) is 11.4. The standard InChI is InChI=1S/C18H19N3O3S/c1-9-4-6-10(7-5-9)12-8-11(18(23-2)24-3)13-14(19)15(16(20)22)25-17(13)21-12/h4-8,18H,19H2,1-3H3,(H2,20,22). The van der Waals surface area contributed by atoms with Crippen LogP contribution in [0.4, 0.5) is 5.69 Å². The number of thiophene rings is 1. The molecule has 2 aromatic heterocycles. The van der Waals surface area contributed by atoms with Crippen LogP contribution in [-0.4, -0.2) is 25.1 Å². The number of rotatable bonds is 5. The molecule has 3 aromatic rings. The Balaban J connectivity index is 2.30. The molecule has 0 bridgehead atoms. The van der Waals surface area contributed by atoms with Crippen LogP contribution in [0.3, 0.4) is 0 Å². The van der Waals surface area contributed by atoms with Gasteiger partial charge in [-0.2, -0.15) is 0 Å². The summed E-state index contributed by atoms with van der Waals surface area (Å²) in [6, 6.07) is 9.89. The van der Waals surface area contributed by atoms with Crippen molar-refractivity contribution in [2.75, 3.05) is 20.0 Å². The van der Waals surface area contributed by atoms with Gasteiger partial charge in [0.25, 0.3) is 5.91 Å². The number of hydrogen-bond donors (Lipinski definition) is 2. The molecule has 0 saturated heterocycles. The smallest absolute Gasteiger partial charge is 0.260 e. The molecule has 0 spiro atoms. The van der Waals surface area contributed by atoms with Gasteiger partial charge in [-0.15, -0.1) is 11.3 Å². The lowest BCUT2D eigenvalue weighted by Gasteiger charge is -2.16. The molecule has 0 aliphatic carbocycles. The number of pyridine rings is 1. The van der Waals surface area contributed by atoms with Crippen molar-refractivity contribution in [3.8, 4) is 11.3 Å². The largest absolute Gasteiger partial charge is 0.397 e. The van der Waals surface area contributed by atoms with Crippen molar-refractivity contribution in [1.29, 1.82) is 0 Å². The zero-order valence-electron chi connectivity index (χ0n) is 14.2. The number of nitrogens with two attached hydrogens (primary N) is 2. The van der Waals surface area contributed by atoms with E-state index < -0.39 is 12.2 Å². The highest BCUT2D eigenvalue weighted by Gasteiger charge is 2.23. The predicted octanol–water partition coefficient (Wildman–Crippen LogP) is 3.24. The summed E-state index contributed by atoms with van der Waals surface area (Å²) in [5.74, 6) is -0.574. The fraction of sp³-hybridized carbons (Fsp3) is 0.222. The number of anilines is 1. The van der Waals surface area contributed by atoms with Crippen molar-refractivity contribution in [3.63, 3.8) is 0 Å². The number of aryl methyl sites for hydroxylation is 1. The zero-order valence-corrected chi connectivity index (χ0v) is 15.0. The van der Waals surface area contributed by atoms with Crippen molar-refractivity contribution < 1.29 is 14.3 Å². The van der Waals surface area contributed by atoms with Gasteiger partial charge in [-0.3, -0.25) is 4.79 Å². The van der Waals surface area contributed by atoms with E-state index in [9.17, 15) is 4.79 Å². The van der Waals surface area contributed by atoms with Crippen molar-refractivity contribution in [2.45, 2.75) is 13.2 Å². The van der Waals surface area contributed by atoms with E-state index in [1.807, 2.05) is 37.3 Å². The third kappa shape index (κ3) is 3.09. The second-order valence-electron chi connectivity index (χ2n) is 5.66. The van der Waals surface area contributed by atoms with E-state index in [-0.39, 0.29) is 4.88 Å². The van der Waals surface area contributed by atoms with Crippen LogP contribution in [0.25, 0.3) is 21.5 Å². The molecule has 7 heteroatoms. The number of amides is 1. The SMILES string of the molecule is COC(OC)c1cc(-c2ccc(C)cc2)nc2sc(C(N)=O)c(N)c12. The average Bonchev–Trinajstić information content (AvgIpc) is 2.93. The van der Waals surface area contributed by atoms with Crippen LogP contribution in [0.2, 0.25) is 0 Å². The molecule has 6 nitrogen and oxygen atoms in total. The number of benzene rings is 1.